The molecule has 0 saturated carbocycles. The van der Waals surface area contributed by atoms with Crippen LogP contribution in [0.25, 0.3) is 0 Å². The normalized spacial score (nSPS) is 19.7. The Kier molecular flexibility index (Phi) is 4.10. The van der Waals surface area contributed by atoms with Crippen LogP contribution in [0, 0.1) is 12.3 Å². The lowest BCUT2D eigenvalue weighted by Crippen LogP contribution is -2.30. The number of nitrogens with one attached hydrogen (secondary N) is 1. The van der Waals surface area contributed by atoms with Gasteiger partial charge in [-0.2, -0.15) is 0 Å². The molecule has 1 nitrogen and oxygen atoms in total. The molecule has 1 aromatic rings. The van der Waals surface area contributed by atoms with Gasteiger partial charge < -0.3 is 0 Å². The van der Waals surface area contributed by atoms with Crippen LogP contribution in [0.15, 0.2) is 18.2 Å². The highest BCUT2D eigenvalue weighted by atomic mass is 35.5. The minimum atomic E-state index is 0.187. The minimum absolute atomic E-state index is 0.187. The van der Waals surface area contributed by atoms with Gasteiger partial charge in [-0.15, -0.1) is 6.42 Å². The zero-order valence-corrected chi connectivity index (χ0v) is 10.9. The van der Waals surface area contributed by atoms with Crippen molar-refractivity contribution in [2.45, 2.75) is 44.7 Å². The lowest BCUT2D eigenvalue weighted by molar-refractivity contribution is 0.468. The number of benzene rings is 1. The van der Waals surface area contributed by atoms with Crippen LogP contribution < -0.4 is 5.32 Å². The monoisotopic (exact) mass is 247 g/mol. The molecule has 0 bridgehead atoms. The summed E-state index contributed by atoms with van der Waals surface area (Å²) in [6.07, 6.45) is 9.92. The maximum absolute atomic E-state index is 6.00. The molecular formula is C15H18ClN. The molecule has 0 aromatic heterocycles. The van der Waals surface area contributed by atoms with Crippen LogP contribution in [0.1, 0.15) is 43.4 Å². The molecule has 0 radical (unpaired) electrons. The fraction of sp³-hybridized carbons (Fsp3) is 0.467. The van der Waals surface area contributed by atoms with Crippen molar-refractivity contribution in [3.8, 4) is 12.3 Å². The first kappa shape index (κ1) is 12.5. The van der Waals surface area contributed by atoms with E-state index in [2.05, 4.69) is 30.3 Å². The maximum atomic E-state index is 6.00. The Morgan fingerprint density at radius 3 is 3.12 bits per heavy atom. The van der Waals surface area contributed by atoms with E-state index in [1.807, 2.05) is 6.07 Å². The SMILES string of the molecule is C#CC(CCC)NC1CCc2cc(Cl)ccc21. The number of aryl methyl sites for hydroxylation is 1. The number of hydrogen-bond donors (Lipinski definition) is 1. The fourth-order valence-corrected chi connectivity index (χ4v) is 2.70. The molecule has 1 aliphatic rings. The van der Waals surface area contributed by atoms with Gasteiger partial charge in [-0.25, -0.2) is 0 Å². The molecule has 1 aromatic carbocycles. The third kappa shape index (κ3) is 2.83. The molecule has 0 amide bonds. The van der Waals surface area contributed by atoms with Gasteiger partial charge in [0.25, 0.3) is 0 Å². The van der Waals surface area contributed by atoms with Crippen molar-refractivity contribution in [2.24, 2.45) is 0 Å². The molecule has 90 valence electrons. The number of rotatable bonds is 4. The van der Waals surface area contributed by atoms with Gasteiger partial charge in [-0.3, -0.25) is 5.32 Å². The Labute approximate surface area is 109 Å². The van der Waals surface area contributed by atoms with Crippen LogP contribution in [0.5, 0.6) is 0 Å². The molecule has 2 rings (SSSR count). The fourth-order valence-electron chi connectivity index (χ4n) is 2.51. The number of terminal acetylenes is 1. The van der Waals surface area contributed by atoms with Gasteiger partial charge in [-0.05, 0) is 42.5 Å². The summed E-state index contributed by atoms with van der Waals surface area (Å²) in [5.74, 6) is 2.83. The summed E-state index contributed by atoms with van der Waals surface area (Å²) in [6.45, 7) is 2.16. The molecule has 17 heavy (non-hydrogen) atoms. The van der Waals surface area contributed by atoms with Crippen molar-refractivity contribution >= 4 is 11.6 Å². The standard InChI is InChI=1S/C15H18ClN/c1-3-5-13(4-2)17-15-9-6-11-10-12(16)7-8-14(11)15/h2,7-8,10,13,15,17H,3,5-6,9H2,1H3. The van der Waals surface area contributed by atoms with Crippen molar-refractivity contribution in [2.75, 3.05) is 0 Å². The first-order chi connectivity index (χ1) is 8.24. The molecule has 2 atom stereocenters. The van der Waals surface area contributed by atoms with Crippen LogP contribution in [0.4, 0.5) is 0 Å². The van der Waals surface area contributed by atoms with E-state index >= 15 is 0 Å². The summed E-state index contributed by atoms with van der Waals surface area (Å²) >= 11 is 6.00. The summed E-state index contributed by atoms with van der Waals surface area (Å²) in [4.78, 5) is 0. The highest BCUT2D eigenvalue weighted by molar-refractivity contribution is 6.30. The third-order valence-electron chi connectivity index (χ3n) is 3.36. The minimum Gasteiger partial charge on any atom is -0.297 e. The van der Waals surface area contributed by atoms with Crippen molar-refractivity contribution in [3.05, 3.63) is 34.3 Å². The summed E-state index contributed by atoms with van der Waals surface area (Å²) in [5, 5.41) is 4.39. The first-order valence-electron chi connectivity index (χ1n) is 6.25. The summed E-state index contributed by atoms with van der Waals surface area (Å²) in [7, 11) is 0. The second kappa shape index (κ2) is 5.58. The van der Waals surface area contributed by atoms with Crippen LogP contribution in [-0.2, 0) is 6.42 Å². The largest absolute Gasteiger partial charge is 0.297 e. The predicted octanol–water partition coefficient (Wildman–Crippen LogP) is 3.72. The van der Waals surface area contributed by atoms with Gasteiger partial charge in [0.2, 0.25) is 0 Å². The van der Waals surface area contributed by atoms with Gasteiger partial charge >= 0.3 is 0 Å². The number of fused-ring (bicyclic) bond motifs is 1. The van der Waals surface area contributed by atoms with Crippen LogP contribution >= 0.6 is 11.6 Å². The summed E-state index contributed by atoms with van der Waals surface area (Å²) in [6, 6.07) is 6.75. The van der Waals surface area contributed by atoms with E-state index in [-0.39, 0.29) is 6.04 Å². The van der Waals surface area contributed by atoms with Crippen molar-refractivity contribution < 1.29 is 0 Å². The van der Waals surface area contributed by atoms with Crippen LogP contribution in [0.2, 0.25) is 5.02 Å². The van der Waals surface area contributed by atoms with E-state index in [1.165, 1.54) is 11.1 Å². The smallest absolute Gasteiger partial charge is 0.0691 e. The predicted molar refractivity (Wildman–Crippen MR) is 73.2 cm³/mol. The van der Waals surface area contributed by atoms with E-state index in [0.29, 0.717) is 6.04 Å². The van der Waals surface area contributed by atoms with E-state index in [4.69, 9.17) is 18.0 Å². The van der Waals surface area contributed by atoms with Gasteiger partial charge in [0.05, 0.1) is 6.04 Å². The molecule has 0 fully saturated rings. The molecule has 0 saturated heterocycles. The maximum Gasteiger partial charge on any atom is 0.0691 e. The van der Waals surface area contributed by atoms with Gasteiger partial charge in [0.15, 0.2) is 0 Å². The zero-order chi connectivity index (χ0) is 12.3. The molecule has 1 N–H and O–H groups in total. The van der Waals surface area contributed by atoms with Crippen LogP contribution in [0.3, 0.4) is 0 Å². The van der Waals surface area contributed by atoms with Crippen molar-refractivity contribution in [1.82, 2.24) is 5.32 Å². The van der Waals surface area contributed by atoms with Crippen LogP contribution in [-0.4, -0.2) is 6.04 Å². The Morgan fingerprint density at radius 1 is 1.59 bits per heavy atom. The van der Waals surface area contributed by atoms with Crippen molar-refractivity contribution in [3.63, 3.8) is 0 Å². The van der Waals surface area contributed by atoms with Crippen molar-refractivity contribution in [1.29, 1.82) is 0 Å². The van der Waals surface area contributed by atoms with Gasteiger partial charge in [0, 0.05) is 11.1 Å². The molecule has 0 heterocycles. The van der Waals surface area contributed by atoms with E-state index in [9.17, 15) is 0 Å². The summed E-state index contributed by atoms with van der Waals surface area (Å²) < 4.78 is 0. The summed E-state index contributed by atoms with van der Waals surface area (Å²) in [5.41, 5.74) is 2.73. The molecule has 2 unspecified atom stereocenters. The average Bonchev–Trinajstić information content (AvgIpc) is 2.71. The molecule has 0 aliphatic heterocycles. The van der Waals surface area contributed by atoms with E-state index in [0.717, 1.165) is 30.7 Å². The highest BCUT2D eigenvalue weighted by Crippen LogP contribution is 2.33. The lowest BCUT2D eigenvalue weighted by Gasteiger charge is -2.19. The van der Waals surface area contributed by atoms with Gasteiger partial charge in [0.1, 0.15) is 0 Å². The molecule has 2 heteroatoms. The second-order valence-electron chi connectivity index (χ2n) is 4.61. The van der Waals surface area contributed by atoms with E-state index < -0.39 is 0 Å². The second-order valence-corrected chi connectivity index (χ2v) is 5.05. The molecule has 1 aliphatic carbocycles. The molecular weight excluding hydrogens is 230 g/mol. The Bertz CT molecular complexity index is 433. The van der Waals surface area contributed by atoms with E-state index in [1.54, 1.807) is 0 Å². The highest BCUT2D eigenvalue weighted by Gasteiger charge is 2.23. The number of halogens is 1. The quantitative estimate of drug-likeness (QED) is 0.800. The Hall–Kier alpha value is -0.970. The Morgan fingerprint density at radius 2 is 2.41 bits per heavy atom. The third-order valence-corrected chi connectivity index (χ3v) is 3.60. The first-order valence-corrected chi connectivity index (χ1v) is 6.63. The topological polar surface area (TPSA) is 12.0 Å². The average molecular weight is 248 g/mol. The van der Waals surface area contributed by atoms with Gasteiger partial charge in [-0.1, -0.05) is 36.9 Å². The lowest BCUT2D eigenvalue weighted by atomic mass is 10.1. The Balaban J connectivity index is 2.09. The molecule has 0 spiro atoms. The zero-order valence-electron chi connectivity index (χ0n) is 10.2. The number of hydrogen-bond acceptors (Lipinski definition) is 1.